The Bertz CT molecular complexity index is 600. The van der Waals surface area contributed by atoms with E-state index in [4.69, 9.17) is 5.11 Å². The maximum Gasteiger partial charge on any atom is 0.328 e. The predicted molar refractivity (Wildman–Crippen MR) is 78.3 cm³/mol. The number of carboxylic acid groups (broad SMARTS) is 1. The molecular formula is C15H15NO2S. The first kappa shape index (κ1) is 13.5. The van der Waals surface area contributed by atoms with E-state index in [0.29, 0.717) is 0 Å². The van der Waals surface area contributed by atoms with Crippen molar-refractivity contribution in [2.24, 2.45) is 0 Å². The van der Waals surface area contributed by atoms with E-state index in [-0.39, 0.29) is 5.92 Å². The normalized spacial score (nSPS) is 11.3. The molecule has 0 aliphatic rings. The Morgan fingerprint density at radius 1 is 1.32 bits per heavy atom. The molecule has 4 heteroatoms. The fraction of sp³-hybridized carbons (Fsp3) is 0.200. The lowest BCUT2D eigenvalue weighted by atomic mass is 10.1. The largest absolute Gasteiger partial charge is 0.478 e. The fourth-order valence-corrected chi connectivity index (χ4v) is 2.86. The lowest BCUT2D eigenvalue weighted by Gasteiger charge is -2.00. The number of carboxylic acids is 1. The van der Waals surface area contributed by atoms with Crippen molar-refractivity contribution in [2.45, 2.75) is 19.8 Å². The molecule has 1 heterocycles. The minimum atomic E-state index is -0.940. The van der Waals surface area contributed by atoms with Gasteiger partial charge in [0, 0.05) is 11.6 Å². The van der Waals surface area contributed by atoms with E-state index in [1.54, 1.807) is 6.08 Å². The maximum absolute atomic E-state index is 10.6. The average molecular weight is 273 g/mol. The number of aromatic nitrogens is 1. The van der Waals surface area contributed by atoms with Crippen LogP contribution in [0.4, 0.5) is 0 Å². The summed E-state index contributed by atoms with van der Waals surface area (Å²) in [5.74, 6) is -0.675. The number of thiazole rings is 1. The second-order valence-corrected chi connectivity index (χ2v) is 5.49. The van der Waals surface area contributed by atoms with E-state index >= 15 is 0 Å². The van der Waals surface area contributed by atoms with Crippen LogP contribution in [0.15, 0.2) is 36.4 Å². The van der Waals surface area contributed by atoms with Gasteiger partial charge in [0.25, 0.3) is 0 Å². The number of rotatable bonds is 4. The summed E-state index contributed by atoms with van der Waals surface area (Å²) in [4.78, 5) is 16.2. The maximum atomic E-state index is 10.6. The van der Waals surface area contributed by atoms with E-state index < -0.39 is 5.97 Å². The molecule has 19 heavy (non-hydrogen) atoms. The summed E-state index contributed by atoms with van der Waals surface area (Å²) < 4.78 is 0. The lowest BCUT2D eigenvalue weighted by molar-refractivity contribution is -0.131. The quantitative estimate of drug-likeness (QED) is 0.856. The van der Waals surface area contributed by atoms with Crippen LogP contribution in [-0.2, 0) is 4.79 Å². The highest BCUT2D eigenvalue weighted by molar-refractivity contribution is 7.16. The molecule has 0 unspecified atom stereocenters. The molecule has 1 N–H and O–H groups in total. The molecule has 0 aliphatic carbocycles. The van der Waals surface area contributed by atoms with E-state index in [1.165, 1.54) is 11.3 Å². The Balaban J connectivity index is 2.44. The van der Waals surface area contributed by atoms with Crippen LogP contribution in [-0.4, -0.2) is 16.1 Å². The van der Waals surface area contributed by atoms with Crippen LogP contribution >= 0.6 is 11.3 Å². The number of hydrogen-bond acceptors (Lipinski definition) is 3. The van der Waals surface area contributed by atoms with Crippen LogP contribution in [0, 0.1) is 0 Å². The van der Waals surface area contributed by atoms with Gasteiger partial charge < -0.3 is 5.11 Å². The summed E-state index contributed by atoms with van der Waals surface area (Å²) in [5.41, 5.74) is 2.01. The molecule has 98 valence electrons. The molecule has 0 atom stereocenters. The predicted octanol–water partition coefficient (Wildman–Crippen LogP) is 4.03. The lowest BCUT2D eigenvalue weighted by Crippen LogP contribution is -1.91. The first-order chi connectivity index (χ1) is 9.08. The number of carbonyl (C=O) groups is 1. The van der Waals surface area contributed by atoms with Crippen LogP contribution in [0.25, 0.3) is 16.6 Å². The van der Waals surface area contributed by atoms with Crippen molar-refractivity contribution < 1.29 is 9.90 Å². The van der Waals surface area contributed by atoms with Gasteiger partial charge in [-0.25, -0.2) is 9.78 Å². The van der Waals surface area contributed by atoms with Gasteiger partial charge in [-0.15, -0.1) is 11.3 Å². The summed E-state index contributed by atoms with van der Waals surface area (Å²) in [5, 5.41) is 9.65. The molecule has 0 fully saturated rings. The smallest absolute Gasteiger partial charge is 0.328 e. The zero-order valence-corrected chi connectivity index (χ0v) is 11.6. The molecule has 2 aromatic rings. The molecule has 2 rings (SSSR count). The number of benzene rings is 1. The van der Waals surface area contributed by atoms with Crippen LogP contribution in [0.5, 0.6) is 0 Å². The van der Waals surface area contributed by atoms with Crippen molar-refractivity contribution in [3.63, 3.8) is 0 Å². The van der Waals surface area contributed by atoms with Crippen molar-refractivity contribution in [3.8, 4) is 10.6 Å². The summed E-state index contributed by atoms with van der Waals surface area (Å²) in [7, 11) is 0. The Morgan fingerprint density at radius 2 is 2.00 bits per heavy atom. The molecule has 1 aromatic heterocycles. The van der Waals surface area contributed by atoms with Gasteiger partial charge in [-0.3, -0.25) is 0 Å². The van der Waals surface area contributed by atoms with Crippen LogP contribution in [0.3, 0.4) is 0 Å². The van der Waals surface area contributed by atoms with Crippen molar-refractivity contribution in [1.29, 1.82) is 0 Å². The van der Waals surface area contributed by atoms with Crippen LogP contribution < -0.4 is 0 Å². The summed E-state index contributed by atoms with van der Waals surface area (Å²) >= 11 is 1.52. The van der Waals surface area contributed by atoms with E-state index in [2.05, 4.69) is 18.8 Å². The van der Waals surface area contributed by atoms with Crippen LogP contribution in [0.1, 0.15) is 30.3 Å². The minimum absolute atomic E-state index is 0.266. The zero-order chi connectivity index (χ0) is 13.8. The first-order valence-corrected chi connectivity index (χ1v) is 6.86. The third-order valence-electron chi connectivity index (χ3n) is 2.63. The van der Waals surface area contributed by atoms with Gasteiger partial charge >= 0.3 is 5.97 Å². The second kappa shape index (κ2) is 5.80. The molecule has 0 aliphatic heterocycles. The van der Waals surface area contributed by atoms with Gasteiger partial charge in [-0.05, 0) is 12.0 Å². The molecule has 0 spiro atoms. The Labute approximate surface area is 116 Å². The highest BCUT2D eigenvalue weighted by Gasteiger charge is 2.13. The van der Waals surface area contributed by atoms with Gasteiger partial charge in [0.2, 0.25) is 0 Å². The Morgan fingerprint density at radius 3 is 2.58 bits per heavy atom. The monoisotopic (exact) mass is 273 g/mol. The van der Waals surface area contributed by atoms with Crippen molar-refractivity contribution >= 4 is 23.4 Å². The Hall–Kier alpha value is -1.94. The van der Waals surface area contributed by atoms with Crippen molar-refractivity contribution in [3.05, 3.63) is 47.0 Å². The van der Waals surface area contributed by atoms with Gasteiger partial charge in [-0.2, -0.15) is 0 Å². The van der Waals surface area contributed by atoms with E-state index in [1.807, 2.05) is 30.3 Å². The summed E-state index contributed by atoms with van der Waals surface area (Å²) in [6.45, 7) is 4.11. The number of hydrogen-bond donors (Lipinski definition) is 1. The van der Waals surface area contributed by atoms with Gasteiger partial charge in [-0.1, -0.05) is 44.2 Å². The molecule has 0 radical (unpaired) electrons. The number of nitrogens with zero attached hydrogens (tertiary/aromatic N) is 1. The molecule has 3 nitrogen and oxygen atoms in total. The summed E-state index contributed by atoms with van der Waals surface area (Å²) in [6, 6.07) is 9.92. The summed E-state index contributed by atoms with van der Waals surface area (Å²) in [6.07, 6.45) is 2.79. The first-order valence-electron chi connectivity index (χ1n) is 6.05. The van der Waals surface area contributed by atoms with Gasteiger partial charge in [0.1, 0.15) is 5.01 Å². The van der Waals surface area contributed by atoms with E-state index in [9.17, 15) is 4.79 Å². The molecule has 0 bridgehead atoms. The molecule has 1 aromatic carbocycles. The standard InChI is InChI=1S/C15H15NO2S/c1-10(2)14-12(8-9-13(17)18)19-15(16-14)11-6-4-3-5-7-11/h3-10H,1-2H3,(H,17,18)/b9-8+. The third-order valence-corrected chi connectivity index (χ3v) is 3.71. The number of aliphatic carboxylic acids is 1. The SMILES string of the molecule is CC(C)c1nc(-c2ccccc2)sc1/C=C/C(=O)O. The van der Waals surface area contributed by atoms with Crippen molar-refractivity contribution in [2.75, 3.05) is 0 Å². The van der Waals surface area contributed by atoms with Crippen LogP contribution in [0.2, 0.25) is 0 Å². The van der Waals surface area contributed by atoms with Crippen molar-refractivity contribution in [1.82, 2.24) is 4.98 Å². The molecule has 0 saturated heterocycles. The van der Waals surface area contributed by atoms with Gasteiger partial charge in [0.15, 0.2) is 0 Å². The fourth-order valence-electron chi connectivity index (χ4n) is 1.73. The minimum Gasteiger partial charge on any atom is -0.478 e. The highest BCUT2D eigenvalue weighted by Crippen LogP contribution is 2.32. The second-order valence-electron chi connectivity index (χ2n) is 4.46. The highest BCUT2D eigenvalue weighted by atomic mass is 32.1. The molecule has 0 saturated carbocycles. The Kier molecular flexibility index (Phi) is 4.12. The average Bonchev–Trinajstić information content (AvgIpc) is 2.81. The molecular weight excluding hydrogens is 258 g/mol. The zero-order valence-electron chi connectivity index (χ0n) is 10.8. The van der Waals surface area contributed by atoms with E-state index in [0.717, 1.165) is 27.2 Å². The third kappa shape index (κ3) is 3.29. The van der Waals surface area contributed by atoms with Gasteiger partial charge in [0.05, 0.1) is 10.6 Å². The topological polar surface area (TPSA) is 50.2 Å². The molecule has 0 amide bonds.